The lowest BCUT2D eigenvalue weighted by Crippen LogP contribution is -2.49. The largest absolute Gasteiger partial charge is 0.296 e. The Labute approximate surface area is 196 Å². The zero-order valence-electron chi connectivity index (χ0n) is 20.1. The van der Waals surface area contributed by atoms with Crippen LogP contribution >= 0.6 is 0 Å². The van der Waals surface area contributed by atoms with Gasteiger partial charge in [0.25, 0.3) is 0 Å². The van der Waals surface area contributed by atoms with Crippen LogP contribution in [0.5, 0.6) is 0 Å². The molecule has 0 fully saturated rings. The van der Waals surface area contributed by atoms with Crippen LogP contribution < -0.4 is 0 Å². The van der Waals surface area contributed by atoms with E-state index in [9.17, 15) is 0 Å². The minimum absolute atomic E-state index is 0.506. The lowest BCUT2D eigenvalue weighted by Gasteiger charge is -2.48. The molecule has 5 aliphatic carbocycles. The minimum Gasteiger partial charge on any atom is -0.296 e. The van der Waals surface area contributed by atoms with E-state index in [-0.39, 0.29) is 0 Å². The van der Waals surface area contributed by atoms with Gasteiger partial charge in [-0.3, -0.25) is 4.90 Å². The summed E-state index contributed by atoms with van der Waals surface area (Å²) in [4.78, 5) is 2.71. The summed E-state index contributed by atoms with van der Waals surface area (Å²) in [5.41, 5.74) is 4.99. The highest BCUT2D eigenvalue weighted by atomic mass is 15.2. The Morgan fingerprint density at radius 2 is 1.94 bits per heavy atom. The number of hydrogen-bond acceptors (Lipinski definition) is 1. The van der Waals surface area contributed by atoms with Crippen molar-refractivity contribution in [2.45, 2.75) is 70.4 Å². The van der Waals surface area contributed by atoms with Gasteiger partial charge in [-0.15, -0.1) is 6.58 Å². The Balaban J connectivity index is 1.44. The van der Waals surface area contributed by atoms with Gasteiger partial charge < -0.3 is 0 Å². The van der Waals surface area contributed by atoms with Gasteiger partial charge in [0, 0.05) is 23.9 Å². The fourth-order valence-corrected chi connectivity index (χ4v) is 7.47. The van der Waals surface area contributed by atoms with Crippen LogP contribution in [0.2, 0.25) is 0 Å². The van der Waals surface area contributed by atoms with Crippen LogP contribution in [-0.2, 0) is 0 Å². The van der Waals surface area contributed by atoms with Gasteiger partial charge in [0.1, 0.15) is 0 Å². The summed E-state index contributed by atoms with van der Waals surface area (Å²) in [6.45, 7) is 6.70. The molecule has 170 valence electrons. The average molecular weight is 428 g/mol. The highest BCUT2D eigenvalue weighted by molar-refractivity contribution is 5.39. The standard InChI is InChI=1S/C31H41N/c1-4-12-25(22(2)32(3)31-20-11-15-23-13-5-8-17-27(23)31)30-21-24-14-6-7-16-26(24)28-18-9-10-19-29(28)30/h4-5,7,10-11,13,15-16,19-20,22,24-27,30-31H,1,6,8-9,12,14,17-18,21H2,2-3H3. The average Bonchev–Trinajstić information content (AvgIpc) is 2.85. The van der Waals surface area contributed by atoms with E-state index in [1.54, 1.807) is 11.1 Å². The second kappa shape index (κ2) is 9.56. The summed E-state index contributed by atoms with van der Waals surface area (Å²) in [6, 6.07) is 1.03. The molecule has 0 aliphatic heterocycles. The molecule has 0 aromatic rings. The first kappa shape index (κ1) is 22.0. The molecule has 0 spiro atoms. The SMILES string of the molecule is C=CCC(C1CC2CCC=CC2C2=C1C=CCC2)C(C)N(C)C1C=CC=C2C=CCCC21. The van der Waals surface area contributed by atoms with Gasteiger partial charge in [-0.1, -0.05) is 66.3 Å². The summed E-state index contributed by atoms with van der Waals surface area (Å²) in [6.07, 6.45) is 34.0. The van der Waals surface area contributed by atoms with Crippen molar-refractivity contribution < 1.29 is 0 Å². The van der Waals surface area contributed by atoms with Crippen molar-refractivity contribution in [3.8, 4) is 0 Å². The van der Waals surface area contributed by atoms with Gasteiger partial charge in [0.2, 0.25) is 0 Å². The van der Waals surface area contributed by atoms with Crippen LogP contribution in [0.1, 0.15) is 58.3 Å². The van der Waals surface area contributed by atoms with E-state index < -0.39 is 0 Å². The number of fused-ring (bicyclic) bond motifs is 3. The molecule has 0 heterocycles. The molecule has 0 bridgehead atoms. The highest BCUT2D eigenvalue weighted by Gasteiger charge is 2.42. The Morgan fingerprint density at radius 3 is 2.81 bits per heavy atom. The summed E-state index contributed by atoms with van der Waals surface area (Å²) in [5.74, 6) is 3.48. The fourth-order valence-electron chi connectivity index (χ4n) is 7.47. The molecule has 5 rings (SSSR count). The fraction of sp³-hybridized carbons (Fsp3) is 0.548. The van der Waals surface area contributed by atoms with Crippen molar-refractivity contribution >= 4 is 0 Å². The monoisotopic (exact) mass is 427 g/mol. The van der Waals surface area contributed by atoms with Gasteiger partial charge in [-0.25, -0.2) is 0 Å². The maximum absolute atomic E-state index is 4.20. The lowest BCUT2D eigenvalue weighted by molar-refractivity contribution is 0.0945. The second-order valence-electron chi connectivity index (χ2n) is 10.8. The number of hydrogen-bond donors (Lipinski definition) is 0. The van der Waals surface area contributed by atoms with E-state index in [1.165, 1.54) is 50.5 Å². The van der Waals surface area contributed by atoms with Crippen LogP contribution in [0.4, 0.5) is 0 Å². The van der Waals surface area contributed by atoms with Crippen molar-refractivity contribution in [2.24, 2.45) is 29.6 Å². The third-order valence-electron chi connectivity index (χ3n) is 9.24. The summed E-state index contributed by atoms with van der Waals surface area (Å²) >= 11 is 0. The van der Waals surface area contributed by atoms with Gasteiger partial charge in [-0.2, -0.15) is 0 Å². The van der Waals surface area contributed by atoms with E-state index in [0.29, 0.717) is 35.8 Å². The number of rotatable bonds is 6. The van der Waals surface area contributed by atoms with E-state index in [2.05, 4.69) is 86.2 Å². The van der Waals surface area contributed by atoms with E-state index >= 15 is 0 Å². The first-order valence-corrected chi connectivity index (χ1v) is 13.1. The Kier molecular flexibility index (Phi) is 6.56. The molecule has 0 aromatic heterocycles. The van der Waals surface area contributed by atoms with Gasteiger partial charge >= 0.3 is 0 Å². The molecule has 32 heavy (non-hydrogen) atoms. The van der Waals surface area contributed by atoms with Gasteiger partial charge in [0.15, 0.2) is 0 Å². The maximum atomic E-state index is 4.20. The highest BCUT2D eigenvalue weighted by Crippen LogP contribution is 2.50. The number of nitrogens with zero attached hydrogens (tertiary/aromatic N) is 1. The molecule has 0 N–H and O–H groups in total. The summed E-state index contributed by atoms with van der Waals surface area (Å²) in [5, 5.41) is 0. The first-order chi connectivity index (χ1) is 15.7. The van der Waals surface area contributed by atoms with E-state index in [0.717, 1.165) is 12.3 Å². The third-order valence-corrected chi connectivity index (χ3v) is 9.24. The van der Waals surface area contributed by atoms with Crippen molar-refractivity contribution in [1.29, 1.82) is 0 Å². The first-order valence-electron chi connectivity index (χ1n) is 13.1. The molecule has 0 saturated carbocycles. The molecule has 0 saturated heterocycles. The summed E-state index contributed by atoms with van der Waals surface area (Å²) < 4.78 is 0. The van der Waals surface area contributed by atoms with Gasteiger partial charge in [0.05, 0.1) is 0 Å². The van der Waals surface area contributed by atoms with Crippen LogP contribution in [0.15, 0.2) is 84.1 Å². The molecule has 7 atom stereocenters. The number of allylic oxidation sites excluding steroid dienone is 11. The summed E-state index contributed by atoms with van der Waals surface area (Å²) in [7, 11) is 2.39. The molecule has 0 radical (unpaired) electrons. The third kappa shape index (κ3) is 3.98. The predicted octanol–water partition coefficient (Wildman–Crippen LogP) is 7.58. The molecule has 5 aliphatic rings. The Hall–Kier alpha value is -1.86. The van der Waals surface area contributed by atoms with Gasteiger partial charge in [-0.05, 0) is 94.2 Å². The molecule has 1 nitrogen and oxygen atoms in total. The predicted molar refractivity (Wildman–Crippen MR) is 137 cm³/mol. The minimum atomic E-state index is 0.506. The zero-order chi connectivity index (χ0) is 22.1. The van der Waals surface area contributed by atoms with Crippen molar-refractivity contribution in [3.05, 3.63) is 84.1 Å². The second-order valence-corrected chi connectivity index (χ2v) is 10.8. The van der Waals surface area contributed by atoms with Crippen molar-refractivity contribution in [2.75, 3.05) is 7.05 Å². The van der Waals surface area contributed by atoms with Crippen molar-refractivity contribution in [3.63, 3.8) is 0 Å². The lowest BCUT2D eigenvalue weighted by atomic mass is 9.61. The molecule has 1 heteroatoms. The normalized spacial score (nSPS) is 35.1. The quantitative estimate of drug-likeness (QED) is 0.395. The topological polar surface area (TPSA) is 3.24 Å². The van der Waals surface area contributed by atoms with Crippen LogP contribution in [0.3, 0.4) is 0 Å². The Bertz CT molecular complexity index is 893. The molecule has 0 amide bonds. The van der Waals surface area contributed by atoms with E-state index in [4.69, 9.17) is 0 Å². The van der Waals surface area contributed by atoms with E-state index in [1.807, 2.05) is 0 Å². The molecule has 7 unspecified atom stereocenters. The zero-order valence-corrected chi connectivity index (χ0v) is 20.1. The number of likely N-dealkylation sites (N-methyl/N-ethyl adjacent to an activating group) is 1. The molecular weight excluding hydrogens is 386 g/mol. The Morgan fingerprint density at radius 1 is 1.09 bits per heavy atom. The maximum Gasteiger partial charge on any atom is 0.0349 e. The molecular formula is C31H41N. The van der Waals surface area contributed by atoms with Crippen LogP contribution in [0.25, 0.3) is 0 Å². The molecule has 0 aromatic carbocycles. The van der Waals surface area contributed by atoms with Crippen LogP contribution in [0, 0.1) is 29.6 Å². The van der Waals surface area contributed by atoms with Crippen LogP contribution in [-0.4, -0.2) is 24.0 Å². The van der Waals surface area contributed by atoms with Crippen molar-refractivity contribution in [1.82, 2.24) is 4.90 Å². The smallest absolute Gasteiger partial charge is 0.0349 e.